The monoisotopic (exact) mass is 341 g/mol. The zero-order valence-electron chi connectivity index (χ0n) is 14.6. The van der Waals surface area contributed by atoms with E-state index in [1.54, 1.807) is 13.0 Å². The van der Waals surface area contributed by atoms with E-state index >= 15 is 0 Å². The maximum atomic E-state index is 12.5. The first-order valence-electron chi connectivity index (χ1n) is 8.41. The predicted molar refractivity (Wildman–Crippen MR) is 97.5 cm³/mol. The van der Waals surface area contributed by atoms with E-state index in [4.69, 9.17) is 9.47 Å². The van der Waals surface area contributed by atoms with Crippen LogP contribution in [-0.2, 0) is 14.3 Å². The summed E-state index contributed by atoms with van der Waals surface area (Å²) in [6.45, 7) is 4.01. The van der Waals surface area contributed by atoms with Gasteiger partial charge in [-0.3, -0.25) is 9.69 Å². The molecule has 0 aliphatic heterocycles. The molecule has 5 nitrogen and oxygen atoms in total. The minimum absolute atomic E-state index is 0.194. The number of carbonyl (C=O) groups excluding carboxylic acids is 2. The van der Waals surface area contributed by atoms with Crippen molar-refractivity contribution in [1.29, 1.82) is 0 Å². The maximum Gasteiger partial charge on any atom is 0.414 e. The highest BCUT2D eigenvalue weighted by molar-refractivity contribution is 5.97. The van der Waals surface area contributed by atoms with E-state index in [9.17, 15) is 9.59 Å². The molecule has 0 radical (unpaired) electrons. The van der Waals surface area contributed by atoms with Crippen LogP contribution in [0.5, 0.6) is 0 Å². The maximum absolute atomic E-state index is 12.5. The van der Waals surface area contributed by atoms with E-state index in [1.165, 1.54) is 4.90 Å². The van der Waals surface area contributed by atoms with Gasteiger partial charge >= 0.3 is 12.1 Å². The van der Waals surface area contributed by atoms with Crippen molar-refractivity contribution in [3.05, 3.63) is 54.6 Å². The fourth-order valence-corrected chi connectivity index (χ4v) is 2.42. The largest absolute Gasteiger partial charge is 0.465 e. The molecule has 2 aromatic rings. The number of para-hydroxylation sites is 1. The summed E-state index contributed by atoms with van der Waals surface area (Å²) in [5, 5.41) is 0. The summed E-state index contributed by atoms with van der Waals surface area (Å²) in [4.78, 5) is 25.8. The van der Waals surface area contributed by atoms with E-state index in [0.717, 1.165) is 11.1 Å². The molecule has 0 saturated carbocycles. The van der Waals surface area contributed by atoms with Gasteiger partial charge in [-0.1, -0.05) is 55.5 Å². The van der Waals surface area contributed by atoms with Crippen molar-refractivity contribution in [2.45, 2.75) is 20.3 Å². The first-order chi connectivity index (χ1) is 12.2. The van der Waals surface area contributed by atoms with Gasteiger partial charge in [-0.2, -0.15) is 0 Å². The minimum atomic E-state index is -0.557. The summed E-state index contributed by atoms with van der Waals surface area (Å²) in [6, 6.07) is 17.1. The lowest BCUT2D eigenvalue weighted by molar-refractivity contribution is -0.141. The third-order valence-corrected chi connectivity index (χ3v) is 3.52. The van der Waals surface area contributed by atoms with Crippen LogP contribution in [0.2, 0.25) is 0 Å². The fourth-order valence-electron chi connectivity index (χ4n) is 2.42. The van der Waals surface area contributed by atoms with Crippen molar-refractivity contribution < 1.29 is 19.1 Å². The molecule has 0 N–H and O–H groups in total. The first-order valence-corrected chi connectivity index (χ1v) is 8.41. The molecule has 2 rings (SSSR count). The molecule has 0 saturated heterocycles. The molecular weight excluding hydrogens is 318 g/mol. The zero-order valence-corrected chi connectivity index (χ0v) is 14.6. The Kier molecular flexibility index (Phi) is 7.01. The molecule has 132 valence electrons. The van der Waals surface area contributed by atoms with Gasteiger partial charge in [0.15, 0.2) is 0 Å². The molecule has 2 aromatic carbocycles. The normalized spacial score (nSPS) is 10.2. The molecule has 0 heterocycles. The van der Waals surface area contributed by atoms with Crippen LogP contribution in [0.3, 0.4) is 0 Å². The van der Waals surface area contributed by atoms with E-state index in [2.05, 4.69) is 0 Å². The zero-order chi connectivity index (χ0) is 18.1. The number of hydrogen-bond donors (Lipinski definition) is 0. The van der Waals surface area contributed by atoms with Crippen LogP contribution >= 0.6 is 0 Å². The summed E-state index contributed by atoms with van der Waals surface area (Å²) in [5.74, 6) is -0.473. The van der Waals surface area contributed by atoms with Crippen molar-refractivity contribution in [1.82, 2.24) is 0 Å². The Hall–Kier alpha value is -2.82. The third-order valence-electron chi connectivity index (χ3n) is 3.52. The highest BCUT2D eigenvalue weighted by Gasteiger charge is 2.23. The number of esters is 1. The van der Waals surface area contributed by atoms with Gasteiger partial charge in [0, 0.05) is 5.56 Å². The van der Waals surface area contributed by atoms with Crippen LogP contribution in [-0.4, -0.2) is 31.8 Å². The van der Waals surface area contributed by atoms with Gasteiger partial charge in [0.05, 0.1) is 18.9 Å². The van der Waals surface area contributed by atoms with Gasteiger partial charge in [-0.15, -0.1) is 0 Å². The number of rotatable bonds is 7. The van der Waals surface area contributed by atoms with Gasteiger partial charge in [-0.25, -0.2) is 4.79 Å². The second-order valence-electron chi connectivity index (χ2n) is 5.39. The minimum Gasteiger partial charge on any atom is -0.465 e. The number of carbonyl (C=O) groups is 2. The molecule has 0 aromatic heterocycles. The van der Waals surface area contributed by atoms with Gasteiger partial charge in [0.1, 0.15) is 6.54 Å². The number of amides is 1. The Morgan fingerprint density at radius 2 is 1.60 bits per heavy atom. The molecule has 0 unspecified atom stereocenters. The molecule has 0 atom stereocenters. The summed E-state index contributed by atoms with van der Waals surface area (Å²) in [5.41, 5.74) is 2.42. The van der Waals surface area contributed by atoms with Crippen molar-refractivity contribution in [3.8, 4) is 11.1 Å². The molecule has 25 heavy (non-hydrogen) atoms. The smallest absolute Gasteiger partial charge is 0.414 e. The van der Waals surface area contributed by atoms with E-state index in [-0.39, 0.29) is 13.2 Å². The van der Waals surface area contributed by atoms with Crippen molar-refractivity contribution in [3.63, 3.8) is 0 Å². The van der Waals surface area contributed by atoms with Gasteiger partial charge in [0.2, 0.25) is 0 Å². The van der Waals surface area contributed by atoms with E-state index in [0.29, 0.717) is 18.7 Å². The van der Waals surface area contributed by atoms with Crippen LogP contribution in [0, 0.1) is 0 Å². The van der Waals surface area contributed by atoms with Crippen molar-refractivity contribution >= 4 is 17.7 Å². The quantitative estimate of drug-likeness (QED) is 0.706. The number of nitrogens with zero attached hydrogens (tertiary/aromatic N) is 1. The Morgan fingerprint density at radius 1 is 0.920 bits per heavy atom. The standard InChI is InChI=1S/C20H23NO4/c1-3-14-25-20(23)21(15-19(22)24-4-2)18-13-9-8-12-17(18)16-10-6-5-7-11-16/h5-13H,3-4,14-15H2,1-2H3. The predicted octanol–water partition coefficient (Wildman–Crippen LogP) is 4.27. The second kappa shape index (κ2) is 9.47. The van der Waals surface area contributed by atoms with E-state index < -0.39 is 12.1 Å². The SMILES string of the molecule is CCCOC(=O)N(CC(=O)OCC)c1ccccc1-c1ccccc1. The van der Waals surface area contributed by atoms with Gasteiger partial charge < -0.3 is 9.47 Å². The molecular formula is C20H23NO4. The number of hydrogen-bond acceptors (Lipinski definition) is 4. The lowest BCUT2D eigenvalue weighted by atomic mass is 10.0. The average Bonchev–Trinajstić information content (AvgIpc) is 2.65. The van der Waals surface area contributed by atoms with Gasteiger partial charge in [-0.05, 0) is 25.0 Å². The first kappa shape index (κ1) is 18.5. The summed E-state index contributed by atoms with van der Waals surface area (Å²) >= 11 is 0. The van der Waals surface area contributed by atoms with E-state index in [1.807, 2.05) is 55.5 Å². The highest BCUT2D eigenvalue weighted by Crippen LogP contribution is 2.31. The van der Waals surface area contributed by atoms with Crippen molar-refractivity contribution in [2.75, 3.05) is 24.7 Å². The van der Waals surface area contributed by atoms with Crippen LogP contribution < -0.4 is 4.90 Å². The van der Waals surface area contributed by atoms with Crippen LogP contribution in [0.1, 0.15) is 20.3 Å². The fraction of sp³-hybridized carbons (Fsp3) is 0.300. The van der Waals surface area contributed by atoms with Crippen LogP contribution in [0.25, 0.3) is 11.1 Å². The number of anilines is 1. The molecule has 0 spiro atoms. The average molecular weight is 341 g/mol. The summed E-state index contributed by atoms with van der Waals surface area (Å²) < 4.78 is 10.3. The summed E-state index contributed by atoms with van der Waals surface area (Å²) in [6.07, 6.45) is 0.151. The lowest BCUT2D eigenvalue weighted by Crippen LogP contribution is -2.37. The van der Waals surface area contributed by atoms with Crippen LogP contribution in [0.4, 0.5) is 10.5 Å². The lowest BCUT2D eigenvalue weighted by Gasteiger charge is -2.24. The molecule has 0 aliphatic rings. The Balaban J connectivity index is 2.39. The highest BCUT2D eigenvalue weighted by atomic mass is 16.6. The Bertz CT molecular complexity index is 700. The molecule has 0 bridgehead atoms. The van der Waals surface area contributed by atoms with Crippen molar-refractivity contribution in [2.24, 2.45) is 0 Å². The molecule has 0 fully saturated rings. The Morgan fingerprint density at radius 3 is 2.28 bits per heavy atom. The number of ether oxygens (including phenoxy) is 2. The van der Waals surface area contributed by atoms with Crippen LogP contribution in [0.15, 0.2) is 54.6 Å². The second-order valence-corrected chi connectivity index (χ2v) is 5.39. The number of benzene rings is 2. The topological polar surface area (TPSA) is 55.8 Å². The third kappa shape index (κ3) is 5.08. The molecule has 5 heteroatoms. The Labute approximate surface area is 148 Å². The molecule has 1 amide bonds. The molecule has 0 aliphatic carbocycles. The summed E-state index contributed by atoms with van der Waals surface area (Å²) in [7, 11) is 0. The van der Waals surface area contributed by atoms with Gasteiger partial charge in [0.25, 0.3) is 0 Å².